The van der Waals surface area contributed by atoms with Crippen molar-refractivity contribution in [2.45, 2.75) is 65.5 Å². The van der Waals surface area contributed by atoms with Gasteiger partial charge in [-0.15, -0.1) is 0 Å². The second kappa shape index (κ2) is 8.61. The molecule has 166 valence electrons. The van der Waals surface area contributed by atoms with Gasteiger partial charge < -0.3 is 20.3 Å². The predicted octanol–water partition coefficient (Wildman–Crippen LogP) is 5.92. The van der Waals surface area contributed by atoms with E-state index in [1.807, 2.05) is 57.2 Å². The van der Waals surface area contributed by atoms with Crippen LogP contribution in [0.1, 0.15) is 58.2 Å². The van der Waals surface area contributed by atoms with Gasteiger partial charge in [-0.2, -0.15) is 0 Å². The summed E-state index contributed by atoms with van der Waals surface area (Å²) in [5, 5.41) is 5.82. The van der Waals surface area contributed by atoms with Crippen molar-refractivity contribution in [3.05, 3.63) is 59.2 Å². The molecule has 31 heavy (non-hydrogen) atoms. The Bertz CT molecular complexity index is 971. The van der Waals surface area contributed by atoms with E-state index in [2.05, 4.69) is 37.5 Å². The zero-order valence-corrected chi connectivity index (χ0v) is 19.3. The topological polar surface area (TPSA) is 70.7 Å². The molecule has 6 nitrogen and oxygen atoms in total. The van der Waals surface area contributed by atoms with Gasteiger partial charge in [0.05, 0.1) is 0 Å². The smallest absolute Gasteiger partial charge is 0.410 e. The van der Waals surface area contributed by atoms with E-state index in [0.717, 1.165) is 34.5 Å². The molecule has 6 heteroatoms. The summed E-state index contributed by atoms with van der Waals surface area (Å²) in [6, 6.07) is 13.4. The first-order valence-corrected chi connectivity index (χ1v) is 10.7. The number of carbonyl (C=O) groups is 2. The molecule has 0 unspecified atom stereocenters. The molecule has 0 atom stereocenters. The third-order valence-corrected chi connectivity index (χ3v) is 5.11. The van der Waals surface area contributed by atoms with E-state index in [1.165, 1.54) is 0 Å². The summed E-state index contributed by atoms with van der Waals surface area (Å²) in [4.78, 5) is 26.5. The Hall–Kier alpha value is -3.02. The number of fused-ring (bicyclic) bond motifs is 1. The van der Waals surface area contributed by atoms with Crippen molar-refractivity contribution in [2.24, 2.45) is 0 Å². The lowest BCUT2D eigenvalue weighted by Crippen LogP contribution is -2.39. The number of benzene rings is 2. The molecule has 3 rings (SSSR count). The van der Waals surface area contributed by atoms with Crippen LogP contribution in [-0.2, 0) is 23.1 Å². The third-order valence-electron chi connectivity index (χ3n) is 5.11. The lowest BCUT2D eigenvalue weighted by atomic mass is 9.87. The first kappa shape index (κ1) is 22.7. The van der Waals surface area contributed by atoms with Crippen LogP contribution in [-0.4, -0.2) is 29.2 Å². The molecule has 0 aliphatic carbocycles. The van der Waals surface area contributed by atoms with Crippen LogP contribution in [0.25, 0.3) is 0 Å². The average Bonchev–Trinajstić information content (AvgIpc) is 2.65. The Morgan fingerprint density at radius 3 is 2.23 bits per heavy atom. The number of urea groups is 1. The molecule has 0 spiro atoms. The molecule has 1 aliphatic heterocycles. The van der Waals surface area contributed by atoms with Gasteiger partial charge in [-0.05, 0) is 73.6 Å². The van der Waals surface area contributed by atoms with Crippen LogP contribution in [0.5, 0.6) is 0 Å². The third kappa shape index (κ3) is 6.23. The number of hydrogen-bond donors (Lipinski definition) is 2. The lowest BCUT2D eigenvalue weighted by Gasteiger charge is -2.31. The van der Waals surface area contributed by atoms with Crippen LogP contribution in [0, 0.1) is 0 Å². The maximum absolute atomic E-state index is 12.5. The molecule has 0 radical (unpaired) electrons. The molecule has 1 aliphatic rings. The minimum atomic E-state index is -0.509. The fourth-order valence-electron chi connectivity index (χ4n) is 3.47. The van der Waals surface area contributed by atoms with Crippen LogP contribution >= 0.6 is 0 Å². The molecule has 0 saturated heterocycles. The Kier molecular flexibility index (Phi) is 6.30. The summed E-state index contributed by atoms with van der Waals surface area (Å²) < 4.78 is 5.48. The number of amides is 3. The van der Waals surface area contributed by atoms with Gasteiger partial charge in [-0.25, -0.2) is 9.59 Å². The first-order chi connectivity index (χ1) is 14.4. The summed E-state index contributed by atoms with van der Waals surface area (Å²) in [6.45, 7) is 13.1. The van der Waals surface area contributed by atoms with E-state index in [9.17, 15) is 9.59 Å². The summed E-state index contributed by atoms with van der Waals surface area (Å²) in [5.41, 5.74) is 4.36. The molecule has 2 aromatic carbocycles. The molecule has 0 bridgehead atoms. The molecule has 2 aromatic rings. The zero-order chi connectivity index (χ0) is 22.8. The van der Waals surface area contributed by atoms with Gasteiger partial charge in [0.2, 0.25) is 0 Å². The maximum Gasteiger partial charge on any atom is 0.410 e. The highest BCUT2D eigenvalue weighted by molar-refractivity contribution is 5.99. The van der Waals surface area contributed by atoms with Gasteiger partial charge >= 0.3 is 12.1 Å². The maximum atomic E-state index is 12.5. The first-order valence-electron chi connectivity index (χ1n) is 10.7. The van der Waals surface area contributed by atoms with Crippen molar-refractivity contribution in [3.8, 4) is 0 Å². The summed E-state index contributed by atoms with van der Waals surface area (Å²) in [6.07, 6.45) is 0.427. The molecular weight excluding hydrogens is 390 g/mol. The molecule has 2 N–H and O–H groups in total. The van der Waals surface area contributed by atoms with Crippen molar-refractivity contribution < 1.29 is 14.3 Å². The molecular formula is C25H33N3O3. The molecule has 0 fully saturated rings. The van der Waals surface area contributed by atoms with Crippen LogP contribution in [0.2, 0.25) is 0 Å². The van der Waals surface area contributed by atoms with E-state index in [1.54, 1.807) is 4.90 Å². The average molecular weight is 424 g/mol. The van der Waals surface area contributed by atoms with E-state index in [0.29, 0.717) is 13.1 Å². The predicted molar refractivity (Wildman–Crippen MR) is 125 cm³/mol. The Morgan fingerprint density at radius 1 is 0.903 bits per heavy atom. The largest absolute Gasteiger partial charge is 0.444 e. The number of ether oxygens (including phenoxy) is 1. The number of nitrogens with one attached hydrogen (secondary N) is 2. The second-order valence-corrected chi connectivity index (χ2v) is 10.0. The highest BCUT2D eigenvalue weighted by Crippen LogP contribution is 2.26. The Morgan fingerprint density at radius 2 is 1.58 bits per heavy atom. The van der Waals surface area contributed by atoms with Gasteiger partial charge in [0.15, 0.2) is 0 Å². The van der Waals surface area contributed by atoms with Gasteiger partial charge in [0, 0.05) is 24.5 Å². The molecule has 3 amide bonds. The monoisotopic (exact) mass is 423 g/mol. The van der Waals surface area contributed by atoms with Crippen LogP contribution < -0.4 is 10.6 Å². The van der Waals surface area contributed by atoms with E-state index in [4.69, 9.17) is 4.74 Å². The molecule has 0 aromatic heterocycles. The summed E-state index contributed by atoms with van der Waals surface area (Å²) >= 11 is 0. The van der Waals surface area contributed by atoms with Gasteiger partial charge in [-0.1, -0.05) is 39.0 Å². The minimum Gasteiger partial charge on any atom is -0.444 e. The Balaban J connectivity index is 1.62. The SMILES string of the molecule is CC(C)(C)OC(=O)N1CCc2cc(NC(=O)Nc3cccc(C(C)(C)C)c3)ccc2C1. The quantitative estimate of drug-likeness (QED) is 0.630. The van der Waals surface area contributed by atoms with Gasteiger partial charge in [0.1, 0.15) is 5.60 Å². The Labute approximate surface area is 185 Å². The second-order valence-electron chi connectivity index (χ2n) is 10.0. The van der Waals surface area contributed by atoms with Crippen molar-refractivity contribution in [2.75, 3.05) is 17.2 Å². The highest BCUT2D eigenvalue weighted by atomic mass is 16.6. The fraction of sp³-hybridized carbons (Fsp3) is 0.440. The van der Waals surface area contributed by atoms with E-state index >= 15 is 0 Å². The van der Waals surface area contributed by atoms with Crippen LogP contribution in [0.3, 0.4) is 0 Å². The summed E-state index contributed by atoms with van der Waals surface area (Å²) in [5.74, 6) is 0. The minimum absolute atomic E-state index is 0.0137. The lowest BCUT2D eigenvalue weighted by molar-refractivity contribution is 0.0224. The van der Waals surface area contributed by atoms with Crippen molar-refractivity contribution in [3.63, 3.8) is 0 Å². The van der Waals surface area contributed by atoms with E-state index < -0.39 is 5.60 Å². The van der Waals surface area contributed by atoms with Crippen LogP contribution in [0.15, 0.2) is 42.5 Å². The molecule has 1 heterocycles. The van der Waals surface area contributed by atoms with Gasteiger partial charge in [-0.3, -0.25) is 0 Å². The van der Waals surface area contributed by atoms with Crippen molar-refractivity contribution in [1.29, 1.82) is 0 Å². The molecule has 0 saturated carbocycles. The van der Waals surface area contributed by atoms with E-state index in [-0.39, 0.29) is 17.5 Å². The highest BCUT2D eigenvalue weighted by Gasteiger charge is 2.25. The fourth-order valence-corrected chi connectivity index (χ4v) is 3.47. The number of hydrogen-bond acceptors (Lipinski definition) is 3. The number of nitrogens with zero attached hydrogens (tertiary/aromatic N) is 1. The zero-order valence-electron chi connectivity index (χ0n) is 19.3. The summed E-state index contributed by atoms with van der Waals surface area (Å²) in [7, 11) is 0. The van der Waals surface area contributed by atoms with Crippen molar-refractivity contribution in [1.82, 2.24) is 4.90 Å². The normalized spacial score (nSPS) is 13.9. The van der Waals surface area contributed by atoms with Crippen molar-refractivity contribution >= 4 is 23.5 Å². The number of rotatable bonds is 2. The number of anilines is 2. The van der Waals surface area contributed by atoms with Crippen LogP contribution in [0.4, 0.5) is 21.0 Å². The standard InChI is InChI=1S/C25H33N3O3/c1-24(2,3)19-8-7-9-20(15-19)26-22(29)27-21-11-10-18-16-28(13-12-17(18)14-21)23(30)31-25(4,5)6/h7-11,14-15H,12-13,16H2,1-6H3,(H2,26,27,29). The van der Waals surface area contributed by atoms with Gasteiger partial charge in [0.25, 0.3) is 0 Å². The number of carbonyl (C=O) groups excluding carboxylic acids is 2.